The third-order valence-electron chi connectivity index (χ3n) is 3.56. The summed E-state index contributed by atoms with van der Waals surface area (Å²) in [5.74, 6) is 1.47. The molecule has 3 aromatic rings. The lowest BCUT2D eigenvalue weighted by atomic mass is 10.1. The van der Waals surface area contributed by atoms with E-state index in [2.05, 4.69) is 16.0 Å². The minimum absolute atomic E-state index is 0.0851. The second-order valence-corrected chi connectivity index (χ2v) is 5.13. The summed E-state index contributed by atoms with van der Waals surface area (Å²) in [6.45, 7) is -0.0851. The van der Waals surface area contributed by atoms with Gasteiger partial charge in [-0.1, -0.05) is 18.2 Å². The quantitative estimate of drug-likeness (QED) is 0.722. The number of imidazole rings is 1. The van der Waals surface area contributed by atoms with Crippen LogP contribution < -0.4 is 9.47 Å². The first-order chi connectivity index (χ1) is 12.2. The molecule has 0 atom stereocenters. The van der Waals surface area contributed by atoms with Crippen LogP contribution >= 0.6 is 0 Å². The molecule has 1 aromatic heterocycles. The Morgan fingerprint density at radius 3 is 2.76 bits per heavy atom. The molecule has 0 amide bonds. The van der Waals surface area contributed by atoms with Gasteiger partial charge in [-0.05, 0) is 35.9 Å². The number of nitriles is 2. The number of methoxy groups -OCH3 is 1. The number of rotatable bonds is 5. The van der Waals surface area contributed by atoms with E-state index in [4.69, 9.17) is 14.7 Å². The van der Waals surface area contributed by atoms with E-state index < -0.39 is 0 Å². The first-order valence-corrected chi connectivity index (χ1v) is 7.50. The number of aromatic amines is 1. The van der Waals surface area contributed by atoms with Crippen LogP contribution in [0.1, 0.15) is 11.4 Å². The van der Waals surface area contributed by atoms with Crippen molar-refractivity contribution in [3.05, 3.63) is 53.9 Å². The maximum Gasteiger partial charge on any atom is 0.174 e. The summed E-state index contributed by atoms with van der Waals surface area (Å²) in [7, 11) is 1.53. The van der Waals surface area contributed by atoms with E-state index >= 15 is 0 Å². The number of allylic oxidation sites excluding steroid dienone is 1. The van der Waals surface area contributed by atoms with Crippen LogP contribution in [0.4, 0.5) is 0 Å². The maximum atomic E-state index is 9.50. The number of H-pyrrole nitrogens is 1. The molecule has 0 aliphatic heterocycles. The highest BCUT2D eigenvalue weighted by Crippen LogP contribution is 2.29. The van der Waals surface area contributed by atoms with Gasteiger partial charge in [0.05, 0.1) is 23.7 Å². The molecule has 6 heteroatoms. The summed E-state index contributed by atoms with van der Waals surface area (Å²) in [6.07, 6.45) is 1.70. The molecule has 0 radical (unpaired) electrons. The molecule has 122 valence electrons. The highest BCUT2D eigenvalue weighted by molar-refractivity contribution is 5.90. The molecule has 25 heavy (non-hydrogen) atoms. The predicted molar refractivity (Wildman–Crippen MR) is 93.7 cm³/mol. The first kappa shape index (κ1) is 16.1. The normalized spacial score (nSPS) is 10.9. The number of benzene rings is 2. The number of fused-ring (bicyclic) bond motifs is 1. The fraction of sp³-hybridized carbons (Fsp3) is 0.105. The Kier molecular flexibility index (Phi) is 4.64. The van der Waals surface area contributed by atoms with Crippen molar-refractivity contribution in [3.8, 4) is 23.6 Å². The van der Waals surface area contributed by atoms with Gasteiger partial charge in [-0.15, -0.1) is 0 Å². The van der Waals surface area contributed by atoms with E-state index in [1.807, 2.05) is 30.3 Å². The highest BCUT2D eigenvalue weighted by Gasteiger charge is 2.09. The van der Waals surface area contributed by atoms with Gasteiger partial charge in [0.1, 0.15) is 18.0 Å². The molecule has 0 aliphatic rings. The van der Waals surface area contributed by atoms with Gasteiger partial charge >= 0.3 is 0 Å². The Morgan fingerprint density at radius 1 is 1.20 bits per heavy atom. The molecule has 2 aromatic carbocycles. The van der Waals surface area contributed by atoms with Crippen LogP contribution in [0.5, 0.6) is 11.5 Å². The summed E-state index contributed by atoms with van der Waals surface area (Å²) in [5.41, 5.74) is 2.80. The topological polar surface area (TPSA) is 94.7 Å². The van der Waals surface area contributed by atoms with Crippen LogP contribution in [0.2, 0.25) is 0 Å². The monoisotopic (exact) mass is 330 g/mol. The summed E-state index contributed by atoms with van der Waals surface area (Å²) < 4.78 is 10.6. The number of aromatic nitrogens is 2. The average Bonchev–Trinajstić information content (AvgIpc) is 3.08. The number of hydrogen-bond donors (Lipinski definition) is 1. The van der Waals surface area contributed by atoms with Crippen LogP contribution in [0.25, 0.3) is 22.7 Å². The molecular formula is C19H14N4O2. The lowest BCUT2D eigenvalue weighted by Gasteiger charge is -2.09. The molecule has 1 N–H and O–H groups in total. The van der Waals surface area contributed by atoms with Crippen molar-refractivity contribution in [1.82, 2.24) is 9.97 Å². The summed E-state index contributed by atoms with van der Waals surface area (Å²) >= 11 is 0. The molecule has 0 saturated heterocycles. The van der Waals surface area contributed by atoms with Crippen molar-refractivity contribution < 1.29 is 9.47 Å². The molecular weight excluding hydrogens is 316 g/mol. The van der Waals surface area contributed by atoms with Crippen LogP contribution in [-0.2, 0) is 0 Å². The van der Waals surface area contributed by atoms with Gasteiger partial charge in [0, 0.05) is 0 Å². The van der Waals surface area contributed by atoms with Crippen molar-refractivity contribution >= 4 is 22.7 Å². The van der Waals surface area contributed by atoms with Gasteiger partial charge in [0.2, 0.25) is 0 Å². The Balaban J connectivity index is 1.99. The summed E-state index contributed by atoms with van der Waals surface area (Å²) in [6, 6.07) is 16.9. The van der Waals surface area contributed by atoms with Crippen molar-refractivity contribution in [2.24, 2.45) is 0 Å². The van der Waals surface area contributed by atoms with Gasteiger partial charge in [0.25, 0.3) is 0 Å². The van der Waals surface area contributed by atoms with E-state index in [-0.39, 0.29) is 6.61 Å². The Morgan fingerprint density at radius 2 is 2.04 bits per heavy atom. The SMILES string of the molecule is COc1ccc(/C=C(/C#N)c2nc3ccccc3[nH]2)cc1OCC#N. The van der Waals surface area contributed by atoms with Gasteiger partial charge in [-0.3, -0.25) is 0 Å². The molecule has 0 fully saturated rings. The Hall–Kier alpha value is -3.77. The van der Waals surface area contributed by atoms with E-state index in [9.17, 15) is 5.26 Å². The van der Waals surface area contributed by atoms with Crippen molar-refractivity contribution in [2.75, 3.05) is 13.7 Å². The van der Waals surface area contributed by atoms with Gasteiger partial charge in [0.15, 0.2) is 18.1 Å². The number of hydrogen-bond acceptors (Lipinski definition) is 5. The van der Waals surface area contributed by atoms with Crippen molar-refractivity contribution in [2.45, 2.75) is 0 Å². The second kappa shape index (κ2) is 7.20. The number of nitrogens with one attached hydrogen (secondary N) is 1. The van der Waals surface area contributed by atoms with E-state index in [0.29, 0.717) is 22.9 Å². The van der Waals surface area contributed by atoms with Crippen LogP contribution in [0.3, 0.4) is 0 Å². The molecule has 0 aliphatic carbocycles. The first-order valence-electron chi connectivity index (χ1n) is 7.50. The van der Waals surface area contributed by atoms with Crippen molar-refractivity contribution in [3.63, 3.8) is 0 Å². The minimum atomic E-state index is -0.0851. The second-order valence-electron chi connectivity index (χ2n) is 5.13. The van der Waals surface area contributed by atoms with Gasteiger partial charge in [-0.25, -0.2) is 4.98 Å². The van der Waals surface area contributed by atoms with Crippen LogP contribution in [-0.4, -0.2) is 23.7 Å². The average molecular weight is 330 g/mol. The Labute approximate surface area is 144 Å². The zero-order chi connectivity index (χ0) is 17.6. The highest BCUT2D eigenvalue weighted by atomic mass is 16.5. The third kappa shape index (κ3) is 3.44. The third-order valence-corrected chi connectivity index (χ3v) is 3.56. The fourth-order valence-electron chi connectivity index (χ4n) is 2.41. The fourth-order valence-corrected chi connectivity index (χ4v) is 2.41. The molecule has 1 heterocycles. The lowest BCUT2D eigenvalue weighted by molar-refractivity contribution is 0.329. The minimum Gasteiger partial charge on any atom is -0.493 e. The maximum absolute atomic E-state index is 9.50. The van der Waals surface area contributed by atoms with E-state index in [1.165, 1.54) is 7.11 Å². The number of ether oxygens (including phenoxy) is 2. The van der Waals surface area contributed by atoms with Crippen LogP contribution in [0, 0.1) is 22.7 Å². The van der Waals surface area contributed by atoms with Crippen LogP contribution in [0.15, 0.2) is 42.5 Å². The smallest absolute Gasteiger partial charge is 0.174 e. The van der Waals surface area contributed by atoms with Crippen molar-refractivity contribution in [1.29, 1.82) is 10.5 Å². The summed E-state index contributed by atoms with van der Waals surface area (Å²) in [4.78, 5) is 7.58. The number of nitrogens with zero attached hydrogens (tertiary/aromatic N) is 3. The Bertz CT molecular complexity index is 989. The lowest BCUT2D eigenvalue weighted by Crippen LogP contribution is -1.97. The molecule has 6 nitrogen and oxygen atoms in total. The van der Waals surface area contributed by atoms with Gasteiger partial charge < -0.3 is 14.5 Å². The predicted octanol–water partition coefficient (Wildman–Crippen LogP) is 3.54. The zero-order valence-electron chi connectivity index (χ0n) is 13.5. The number of para-hydroxylation sites is 2. The molecule has 0 unspecified atom stereocenters. The molecule has 0 saturated carbocycles. The molecule has 0 bridgehead atoms. The molecule has 0 spiro atoms. The van der Waals surface area contributed by atoms with Gasteiger partial charge in [-0.2, -0.15) is 10.5 Å². The van der Waals surface area contributed by atoms with E-state index in [1.54, 1.807) is 24.3 Å². The zero-order valence-corrected chi connectivity index (χ0v) is 13.5. The standard InChI is InChI=1S/C19H14N4O2/c1-24-17-7-6-13(11-18(17)25-9-8-20)10-14(12-21)19-22-15-4-2-3-5-16(15)23-19/h2-7,10-11H,9H2,1H3,(H,22,23)/b14-10-. The summed E-state index contributed by atoms with van der Waals surface area (Å²) in [5, 5.41) is 18.2. The molecule has 3 rings (SSSR count). The van der Waals surface area contributed by atoms with E-state index in [0.717, 1.165) is 16.6 Å². The largest absolute Gasteiger partial charge is 0.493 e.